The van der Waals surface area contributed by atoms with Gasteiger partial charge in [-0.25, -0.2) is 9.97 Å². The minimum Gasteiger partial charge on any atom is -0.366 e. The van der Waals surface area contributed by atoms with Gasteiger partial charge in [-0.15, -0.1) is 6.58 Å². The summed E-state index contributed by atoms with van der Waals surface area (Å²) in [7, 11) is 2.01. The molecule has 5 nitrogen and oxygen atoms in total. The molecule has 0 unspecified atom stereocenters. The van der Waals surface area contributed by atoms with Gasteiger partial charge in [-0.2, -0.15) is 0 Å². The van der Waals surface area contributed by atoms with E-state index in [0.29, 0.717) is 13.1 Å². The number of rotatable bonds is 7. The number of nitrogens with zero attached hydrogens (tertiary/aromatic N) is 3. The minimum absolute atomic E-state index is 0.690. The smallest absolute Gasteiger partial charge is 0.134 e. The molecule has 0 saturated heterocycles. The van der Waals surface area contributed by atoms with E-state index in [4.69, 9.17) is 5.73 Å². The highest BCUT2D eigenvalue weighted by atomic mass is 15.2. The Labute approximate surface area is 103 Å². The van der Waals surface area contributed by atoms with E-state index in [0.717, 1.165) is 30.4 Å². The number of hydrogen-bond acceptors (Lipinski definition) is 5. The average molecular weight is 235 g/mol. The first-order valence-corrected chi connectivity index (χ1v) is 5.79. The number of aromatic nitrogens is 2. The summed E-state index contributed by atoms with van der Waals surface area (Å²) in [6, 6.07) is 1.94. The largest absolute Gasteiger partial charge is 0.366 e. The van der Waals surface area contributed by atoms with Crippen molar-refractivity contribution in [2.75, 3.05) is 36.9 Å². The van der Waals surface area contributed by atoms with Crippen LogP contribution in [0.1, 0.15) is 12.2 Å². The summed E-state index contributed by atoms with van der Waals surface area (Å²) in [5, 5.41) is 3.17. The molecule has 0 spiro atoms. The Bertz CT molecular complexity index is 364. The molecule has 0 aromatic carbocycles. The molecule has 0 aliphatic carbocycles. The fourth-order valence-electron chi connectivity index (χ4n) is 1.46. The lowest BCUT2D eigenvalue weighted by Crippen LogP contribution is -2.22. The van der Waals surface area contributed by atoms with Crippen LogP contribution in [-0.4, -0.2) is 36.6 Å². The van der Waals surface area contributed by atoms with Gasteiger partial charge in [-0.3, -0.25) is 0 Å². The van der Waals surface area contributed by atoms with Crippen LogP contribution in [0, 0.1) is 6.92 Å². The highest BCUT2D eigenvalue weighted by Crippen LogP contribution is 2.14. The van der Waals surface area contributed by atoms with Crippen LogP contribution >= 0.6 is 0 Å². The van der Waals surface area contributed by atoms with Crippen molar-refractivity contribution in [3.8, 4) is 0 Å². The molecular formula is C12H21N5. The number of nitrogens with one attached hydrogen (secondary N) is 1. The lowest BCUT2D eigenvalue weighted by atomic mass is 10.3. The summed E-state index contributed by atoms with van der Waals surface area (Å²) in [6.45, 7) is 7.84. The Hall–Kier alpha value is -1.62. The van der Waals surface area contributed by atoms with Crippen molar-refractivity contribution < 1.29 is 0 Å². The summed E-state index contributed by atoms with van der Waals surface area (Å²) in [4.78, 5) is 10.8. The van der Waals surface area contributed by atoms with Gasteiger partial charge in [-0.1, -0.05) is 6.08 Å². The zero-order valence-electron chi connectivity index (χ0n) is 10.6. The molecule has 0 aliphatic heterocycles. The second-order valence-corrected chi connectivity index (χ2v) is 3.89. The molecule has 0 amide bonds. The van der Waals surface area contributed by atoms with E-state index in [-0.39, 0.29) is 0 Å². The van der Waals surface area contributed by atoms with Gasteiger partial charge in [0.25, 0.3) is 0 Å². The van der Waals surface area contributed by atoms with Gasteiger partial charge in [0.05, 0.1) is 0 Å². The third kappa shape index (κ3) is 4.40. The van der Waals surface area contributed by atoms with Crippen molar-refractivity contribution >= 4 is 11.6 Å². The average Bonchev–Trinajstić information content (AvgIpc) is 2.32. The van der Waals surface area contributed by atoms with Crippen molar-refractivity contribution in [3.05, 3.63) is 24.5 Å². The van der Waals surface area contributed by atoms with E-state index >= 15 is 0 Å². The molecule has 1 rings (SSSR count). The highest BCUT2D eigenvalue weighted by Gasteiger charge is 2.05. The minimum atomic E-state index is 0.690. The number of aryl methyl sites for hydroxylation is 1. The number of hydrogen-bond donors (Lipinski definition) is 2. The molecule has 17 heavy (non-hydrogen) atoms. The van der Waals surface area contributed by atoms with E-state index in [9.17, 15) is 0 Å². The maximum absolute atomic E-state index is 5.50. The van der Waals surface area contributed by atoms with Gasteiger partial charge in [0.15, 0.2) is 0 Å². The van der Waals surface area contributed by atoms with Crippen LogP contribution in [0.3, 0.4) is 0 Å². The van der Waals surface area contributed by atoms with Crippen molar-refractivity contribution in [3.63, 3.8) is 0 Å². The third-order valence-corrected chi connectivity index (χ3v) is 2.34. The molecule has 3 N–H and O–H groups in total. The van der Waals surface area contributed by atoms with E-state index in [1.807, 2.05) is 20.0 Å². The molecule has 1 aromatic rings. The lowest BCUT2D eigenvalue weighted by Gasteiger charge is -2.18. The van der Waals surface area contributed by atoms with Gasteiger partial charge >= 0.3 is 0 Å². The first-order chi connectivity index (χ1) is 8.17. The molecule has 0 aliphatic rings. The molecule has 0 fully saturated rings. The quantitative estimate of drug-likeness (QED) is 0.694. The van der Waals surface area contributed by atoms with Gasteiger partial charge in [0, 0.05) is 26.2 Å². The molecule has 0 bridgehead atoms. The fourth-order valence-corrected chi connectivity index (χ4v) is 1.46. The van der Waals surface area contributed by atoms with Crippen molar-refractivity contribution in [1.29, 1.82) is 0 Å². The van der Waals surface area contributed by atoms with Crippen molar-refractivity contribution in [2.24, 2.45) is 5.73 Å². The summed E-state index contributed by atoms with van der Waals surface area (Å²) in [5.41, 5.74) is 5.50. The van der Waals surface area contributed by atoms with Gasteiger partial charge < -0.3 is 16.0 Å². The molecule has 0 atom stereocenters. The van der Waals surface area contributed by atoms with E-state index in [1.165, 1.54) is 0 Å². The molecule has 0 saturated carbocycles. The summed E-state index contributed by atoms with van der Waals surface area (Å²) < 4.78 is 0. The fraction of sp³-hybridized carbons (Fsp3) is 0.500. The third-order valence-electron chi connectivity index (χ3n) is 2.34. The van der Waals surface area contributed by atoms with Gasteiger partial charge in [0.2, 0.25) is 0 Å². The van der Waals surface area contributed by atoms with Crippen molar-refractivity contribution in [2.45, 2.75) is 13.3 Å². The van der Waals surface area contributed by atoms with Gasteiger partial charge in [0.1, 0.15) is 17.5 Å². The van der Waals surface area contributed by atoms with Crippen LogP contribution < -0.4 is 16.0 Å². The summed E-state index contributed by atoms with van der Waals surface area (Å²) >= 11 is 0. The molecule has 94 valence electrons. The Balaban J connectivity index is 2.76. The standard InChI is InChI=1S/C12H21N5/c1-4-7-14-11-9-12(16-10(2)15-11)17(3)8-5-6-13/h4,9H,1,5-8,13H2,2-3H3,(H,14,15,16). The van der Waals surface area contributed by atoms with E-state index in [1.54, 1.807) is 6.08 Å². The lowest BCUT2D eigenvalue weighted by molar-refractivity contribution is 0.782. The van der Waals surface area contributed by atoms with Crippen LogP contribution in [0.2, 0.25) is 0 Å². The van der Waals surface area contributed by atoms with Crippen LogP contribution in [-0.2, 0) is 0 Å². The zero-order valence-corrected chi connectivity index (χ0v) is 10.6. The topological polar surface area (TPSA) is 67.1 Å². The molecule has 0 radical (unpaired) electrons. The zero-order chi connectivity index (χ0) is 12.7. The Morgan fingerprint density at radius 1 is 1.53 bits per heavy atom. The Kier molecular flexibility index (Phi) is 5.42. The predicted octanol–water partition coefficient (Wildman–Crippen LogP) is 1.17. The number of anilines is 2. The highest BCUT2D eigenvalue weighted by molar-refractivity contribution is 5.49. The van der Waals surface area contributed by atoms with Crippen LogP contribution in [0.25, 0.3) is 0 Å². The second-order valence-electron chi connectivity index (χ2n) is 3.89. The van der Waals surface area contributed by atoms with Crippen LogP contribution in [0.15, 0.2) is 18.7 Å². The molecule has 1 aromatic heterocycles. The van der Waals surface area contributed by atoms with E-state index in [2.05, 4.69) is 26.8 Å². The molecule has 1 heterocycles. The summed E-state index contributed by atoms with van der Waals surface area (Å²) in [6.07, 6.45) is 2.75. The first-order valence-electron chi connectivity index (χ1n) is 5.79. The van der Waals surface area contributed by atoms with Gasteiger partial charge in [-0.05, 0) is 19.9 Å². The Morgan fingerprint density at radius 2 is 2.29 bits per heavy atom. The maximum atomic E-state index is 5.50. The molecule has 5 heteroatoms. The van der Waals surface area contributed by atoms with E-state index < -0.39 is 0 Å². The normalized spacial score (nSPS) is 10.1. The SMILES string of the molecule is C=CCNc1cc(N(C)CCCN)nc(C)n1. The van der Waals surface area contributed by atoms with Crippen LogP contribution in [0.4, 0.5) is 11.6 Å². The molecular weight excluding hydrogens is 214 g/mol. The number of nitrogens with two attached hydrogens (primary N) is 1. The predicted molar refractivity (Wildman–Crippen MR) is 72.4 cm³/mol. The Morgan fingerprint density at radius 3 is 2.94 bits per heavy atom. The second kappa shape index (κ2) is 6.85. The summed E-state index contributed by atoms with van der Waals surface area (Å²) in [5.74, 6) is 2.50. The monoisotopic (exact) mass is 235 g/mol. The van der Waals surface area contributed by atoms with Crippen molar-refractivity contribution in [1.82, 2.24) is 9.97 Å². The van der Waals surface area contributed by atoms with Crippen LogP contribution in [0.5, 0.6) is 0 Å². The maximum Gasteiger partial charge on any atom is 0.134 e. The first kappa shape index (κ1) is 13.4.